The smallest absolute Gasteiger partial charge is 0.0639 e. The van der Waals surface area contributed by atoms with E-state index in [1.165, 1.54) is 0 Å². The van der Waals surface area contributed by atoms with Gasteiger partial charge in [0, 0.05) is 33.7 Å². The van der Waals surface area contributed by atoms with Gasteiger partial charge in [-0.15, -0.1) is 0 Å². The van der Waals surface area contributed by atoms with E-state index in [1.807, 2.05) is 55.2 Å². The summed E-state index contributed by atoms with van der Waals surface area (Å²) in [5.41, 5.74) is 5.54. The van der Waals surface area contributed by atoms with Gasteiger partial charge in [0.25, 0.3) is 0 Å². The quantitative estimate of drug-likeness (QED) is 0.533. The first kappa shape index (κ1) is 23.6. The van der Waals surface area contributed by atoms with Crippen molar-refractivity contribution in [3.63, 3.8) is 0 Å². The van der Waals surface area contributed by atoms with Crippen molar-refractivity contribution in [3.05, 3.63) is 12.3 Å². The molecule has 3 atom stereocenters. The monoisotopic (exact) mass is 318 g/mol. The van der Waals surface area contributed by atoms with Gasteiger partial charge in [0.15, 0.2) is 0 Å². The topological polar surface area (TPSA) is 76.2 Å². The minimum absolute atomic E-state index is 0.236. The largest absolute Gasteiger partial charge is 0.392 e. The molecule has 22 heavy (non-hydrogen) atoms. The van der Waals surface area contributed by atoms with Gasteiger partial charge < -0.3 is 20.8 Å². The highest BCUT2D eigenvalue weighted by Gasteiger charge is 2.09. The molecule has 0 aromatic rings. The van der Waals surface area contributed by atoms with Crippen LogP contribution in [0.1, 0.15) is 27.2 Å². The molecule has 4 N–H and O–H groups in total. The van der Waals surface area contributed by atoms with Crippen LogP contribution >= 0.6 is 0 Å². The molecule has 0 aromatic carbocycles. The van der Waals surface area contributed by atoms with E-state index in [0.717, 1.165) is 13.0 Å². The molecule has 0 aliphatic rings. The molecule has 3 unspecified atom stereocenters. The van der Waals surface area contributed by atoms with E-state index in [2.05, 4.69) is 6.92 Å². The zero-order valence-electron chi connectivity index (χ0n) is 15.5. The van der Waals surface area contributed by atoms with Gasteiger partial charge in [0.1, 0.15) is 0 Å². The van der Waals surface area contributed by atoms with Crippen LogP contribution in [-0.2, 0) is 0 Å². The molecule has 0 saturated carbocycles. The Hall–Kier alpha value is -0.660. The molecule has 6 nitrogen and oxygen atoms in total. The Morgan fingerprint density at radius 2 is 1.45 bits per heavy atom. The molecule has 0 aromatic heterocycles. The van der Waals surface area contributed by atoms with Crippen LogP contribution in [0.2, 0.25) is 0 Å². The maximum atomic E-state index is 9.29. The second kappa shape index (κ2) is 14.0. The fourth-order valence-electron chi connectivity index (χ4n) is 1.74. The summed E-state index contributed by atoms with van der Waals surface area (Å²) in [4.78, 5) is 5.98. The van der Waals surface area contributed by atoms with E-state index >= 15 is 0 Å². The zero-order valence-corrected chi connectivity index (χ0v) is 15.5. The SMILES string of the molecule is CC(O)CN(CC=CN(C)C)CC(C)O.CCC(N)N(C)C. The van der Waals surface area contributed by atoms with E-state index in [0.29, 0.717) is 13.1 Å². The molecule has 6 heteroatoms. The van der Waals surface area contributed by atoms with Crippen LogP contribution < -0.4 is 5.73 Å². The minimum atomic E-state index is -0.364. The molecule has 0 aliphatic heterocycles. The van der Waals surface area contributed by atoms with E-state index in [9.17, 15) is 10.2 Å². The van der Waals surface area contributed by atoms with Gasteiger partial charge in [-0.1, -0.05) is 13.0 Å². The maximum absolute atomic E-state index is 9.29. The number of nitrogens with zero attached hydrogens (tertiary/aromatic N) is 3. The highest BCUT2D eigenvalue weighted by molar-refractivity contribution is 4.83. The lowest BCUT2D eigenvalue weighted by Gasteiger charge is -2.23. The summed E-state index contributed by atoms with van der Waals surface area (Å²) in [6.07, 6.45) is 4.52. The normalized spacial score (nSPS) is 15.6. The van der Waals surface area contributed by atoms with Crippen LogP contribution in [0.4, 0.5) is 0 Å². The van der Waals surface area contributed by atoms with Crippen molar-refractivity contribution >= 4 is 0 Å². The molecule has 0 heterocycles. The van der Waals surface area contributed by atoms with Crippen LogP contribution in [0.25, 0.3) is 0 Å². The van der Waals surface area contributed by atoms with Gasteiger partial charge in [0.2, 0.25) is 0 Å². The molecule has 0 amide bonds. The Morgan fingerprint density at radius 1 is 1.00 bits per heavy atom. The third kappa shape index (κ3) is 17.4. The van der Waals surface area contributed by atoms with Crippen molar-refractivity contribution in [2.45, 2.75) is 45.6 Å². The Labute approximate surface area is 137 Å². The van der Waals surface area contributed by atoms with Gasteiger partial charge in [-0.2, -0.15) is 0 Å². The number of nitrogens with two attached hydrogens (primary N) is 1. The summed E-state index contributed by atoms with van der Waals surface area (Å²) >= 11 is 0. The molecular weight excluding hydrogens is 280 g/mol. The molecule has 0 aliphatic carbocycles. The fourth-order valence-corrected chi connectivity index (χ4v) is 1.74. The summed E-state index contributed by atoms with van der Waals surface area (Å²) in [6.45, 7) is 7.50. The average Bonchev–Trinajstić information content (AvgIpc) is 2.36. The zero-order chi connectivity index (χ0) is 17.7. The minimum Gasteiger partial charge on any atom is -0.392 e. The predicted molar refractivity (Wildman–Crippen MR) is 94.6 cm³/mol. The third-order valence-corrected chi connectivity index (χ3v) is 2.89. The Morgan fingerprint density at radius 3 is 1.68 bits per heavy atom. The van der Waals surface area contributed by atoms with Gasteiger partial charge in [-0.3, -0.25) is 9.80 Å². The van der Waals surface area contributed by atoms with Crippen LogP contribution in [0.5, 0.6) is 0 Å². The van der Waals surface area contributed by atoms with Crippen molar-refractivity contribution in [1.82, 2.24) is 14.7 Å². The summed E-state index contributed by atoms with van der Waals surface area (Å²) in [7, 11) is 7.89. The number of aliphatic hydroxyl groups excluding tert-OH is 2. The lowest BCUT2D eigenvalue weighted by atomic mass is 10.3. The summed E-state index contributed by atoms with van der Waals surface area (Å²) in [6, 6.07) is 0. The number of hydrogen-bond donors (Lipinski definition) is 3. The van der Waals surface area contributed by atoms with E-state index < -0.39 is 0 Å². The van der Waals surface area contributed by atoms with Gasteiger partial charge >= 0.3 is 0 Å². The molecule has 0 rings (SSSR count). The van der Waals surface area contributed by atoms with Gasteiger partial charge in [0.05, 0.1) is 18.4 Å². The van der Waals surface area contributed by atoms with Crippen molar-refractivity contribution in [1.29, 1.82) is 0 Å². The average molecular weight is 319 g/mol. The highest BCUT2D eigenvalue weighted by Crippen LogP contribution is 1.96. The summed E-state index contributed by atoms with van der Waals surface area (Å²) < 4.78 is 0. The van der Waals surface area contributed by atoms with Crippen LogP contribution in [0, 0.1) is 0 Å². The Kier molecular flexibility index (Phi) is 15.0. The van der Waals surface area contributed by atoms with Crippen LogP contribution in [0.3, 0.4) is 0 Å². The van der Waals surface area contributed by atoms with Crippen LogP contribution in [-0.4, -0.2) is 91.1 Å². The molecule has 0 fully saturated rings. The van der Waals surface area contributed by atoms with Gasteiger partial charge in [-0.05, 0) is 40.6 Å². The maximum Gasteiger partial charge on any atom is 0.0639 e. The van der Waals surface area contributed by atoms with E-state index in [1.54, 1.807) is 13.8 Å². The van der Waals surface area contributed by atoms with Crippen LogP contribution in [0.15, 0.2) is 12.3 Å². The third-order valence-electron chi connectivity index (χ3n) is 2.89. The number of rotatable bonds is 9. The van der Waals surface area contributed by atoms with Crippen molar-refractivity contribution in [2.75, 3.05) is 47.8 Å². The van der Waals surface area contributed by atoms with Crippen molar-refractivity contribution in [3.8, 4) is 0 Å². The first-order valence-corrected chi connectivity index (χ1v) is 7.93. The lowest BCUT2D eigenvalue weighted by Crippen LogP contribution is -2.36. The van der Waals surface area contributed by atoms with E-state index in [4.69, 9.17) is 5.73 Å². The van der Waals surface area contributed by atoms with Crippen molar-refractivity contribution < 1.29 is 10.2 Å². The second-order valence-corrected chi connectivity index (χ2v) is 6.20. The summed E-state index contributed by atoms with van der Waals surface area (Å²) in [5.74, 6) is 0. The van der Waals surface area contributed by atoms with E-state index in [-0.39, 0.29) is 18.4 Å². The first-order chi connectivity index (χ1) is 10.1. The molecule has 0 radical (unpaired) electrons. The Bertz CT molecular complexity index is 259. The molecular formula is C16H38N4O2. The number of aliphatic hydroxyl groups is 2. The molecule has 0 bridgehead atoms. The Balaban J connectivity index is 0. The fraction of sp³-hybridized carbons (Fsp3) is 0.875. The van der Waals surface area contributed by atoms with Gasteiger partial charge in [-0.25, -0.2) is 0 Å². The molecule has 0 saturated heterocycles. The van der Waals surface area contributed by atoms with Crippen molar-refractivity contribution in [2.24, 2.45) is 5.73 Å². The standard InChI is InChI=1S/C11H24N2O2.C5H14N2/c1-10(14)8-13(9-11(2)15)7-5-6-12(3)4;1-4-5(6)7(2)3/h5-6,10-11,14-15H,7-9H2,1-4H3;5H,4,6H2,1-3H3. The predicted octanol–water partition coefficient (Wildman–Crippen LogP) is 0.368. The molecule has 0 spiro atoms. The number of hydrogen-bond acceptors (Lipinski definition) is 6. The first-order valence-electron chi connectivity index (χ1n) is 7.93. The summed E-state index contributed by atoms with van der Waals surface area (Å²) in [5, 5.41) is 18.6. The highest BCUT2D eigenvalue weighted by atomic mass is 16.3. The second-order valence-electron chi connectivity index (χ2n) is 6.20. The lowest BCUT2D eigenvalue weighted by molar-refractivity contribution is 0.0905. The molecule has 134 valence electrons.